The van der Waals surface area contributed by atoms with Crippen molar-refractivity contribution in [2.75, 3.05) is 26.7 Å². The van der Waals surface area contributed by atoms with Gasteiger partial charge in [0, 0.05) is 32.5 Å². The van der Waals surface area contributed by atoms with Gasteiger partial charge < -0.3 is 4.74 Å². The average molecular weight is 267 g/mol. The van der Waals surface area contributed by atoms with Gasteiger partial charge in [0.25, 0.3) is 0 Å². The maximum absolute atomic E-state index is 12.1. The monoisotopic (exact) mass is 267 g/mol. The first-order valence-electron chi connectivity index (χ1n) is 7.64. The number of methoxy groups -OCH3 is 1. The van der Waals surface area contributed by atoms with Crippen molar-refractivity contribution in [3.05, 3.63) is 0 Å². The second-order valence-corrected chi connectivity index (χ2v) is 7.52. The lowest BCUT2D eigenvalue weighted by atomic mass is 9.71. The van der Waals surface area contributed by atoms with E-state index >= 15 is 0 Å². The van der Waals surface area contributed by atoms with E-state index in [0.29, 0.717) is 11.2 Å². The van der Waals surface area contributed by atoms with Gasteiger partial charge in [-0.25, -0.2) is 0 Å². The second kappa shape index (κ2) is 5.53. The topological polar surface area (TPSA) is 29.5 Å². The summed E-state index contributed by atoms with van der Waals surface area (Å²) in [5, 5.41) is 0. The van der Waals surface area contributed by atoms with Crippen LogP contribution in [0.5, 0.6) is 0 Å². The number of rotatable bonds is 3. The smallest absolute Gasteiger partial charge is 0.137 e. The molecular formula is C16H29NO2. The Kier molecular flexibility index (Phi) is 4.36. The first-order chi connectivity index (χ1) is 8.84. The quantitative estimate of drug-likeness (QED) is 0.787. The van der Waals surface area contributed by atoms with E-state index in [2.05, 4.69) is 25.7 Å². The minimum Gasteiger partial charge on any atom is -0.377 e. The molecule has 0 bridgehead atoms. The van der Waals surface area contributed by atoms with Crippen LogP contribution >= 0.6 is 0 Å². The van der Waals surface area contributed by atoms with Gasteiger partial charge in [0.1, 0.15) is 5.78 Å². The van der Waals surface area contributed by atoms with Gasteiger partial charge in [-0.3, -0.25) is 9.69 Å². The predicted octanol–water partition coefficient (Wildman–Crippen LogP) is 2.88. The second-order valence-electron chi connectivity index (χ2n) is 7.52. The molecule has 0 aromatic rings. The molecule has 19 heavy (non-hydrogen) atoms. The average Bonchev–Trinajstić information content (AvgIpc) is 2.34. The van der Waals surface area contributed by atoms with Gasteiger partial charge in [-0.05, 0) is 44.6 Å². The third-order valence-corrected chi connectivity index (χ3v) is 5.01. The van der Waals surface area contributed by atoms with E-state index in [4.69, 9.17) is 4.74 Å². The van der Waals surface area contributed by atoms with E-state index in [1.165, 1.54) is 6.42 Å². The Labute approximate surface area is 117 Å². The Bertz CT molecular complexity index is 340. The lowest BCUT2D eigenvalue weighted by Gasteiger charge is -2.42. The predicted molar refractivity (Wildman–Crippen MR) is 77.2 cm³/mol. The van der Waals surface area contributed by atoms with Gasteiger partial charge in [0.05, 0.1) is 5.60 Å². The number of nitrogens with zero attached hydrogens (tertiary/aromatic N) is 1. The van der Waals surface area contributed by atoms with E-state index in [0.717, 1.165) is 45.3 Å². The van der Waals surface area contributed by atoms with Crippen LogP contribution in [0, 0.1) is 11.3 Å². The molecule has 2 atom stereocenters. The summed E-state index contributed by atoms with van der Waals surface area (Å²) in [6.45, 7) is 9.79. The van der Waals surface area contributed by atoms with Crippen molar-refractivity contribution >= 4 is 5.78 Å². The van der Waals surface area contributed by atoms with E-state index in [-0.39, 0.29) is 11.5 Å². The molecule has 0 amide bonds. The zero-order valence-electron chi connectivity index (χ0n) is 13.0. The highest BCUT2D eigenvalue weighted by Crippen LogP contribution is 2.37. The van der Waals surface area contributed by atoms with Crippen molar-refractivity contribution in [1.29, 1.82) is 0 Å². The van der Waals surface area contributed by atoms with Crippen molar-refractivity contribution in [3.8, 4) is 0 Å². The Morgan fingerprint density at radius 3 is 2.74 bits per heavy atom. The lowest BCUT2D eigenvalue weighted by Crippen LogP contribution is -2.50. The molecule has 2 fully saturated rings. The van der Waals surface area contributed by atoms with Gasteiger partial charge in [-0.1, -0.05) is 13.8 Å². The zero-order chi connectivity index (χ0) is 14.1. The standard InChI is InChI=1S/C16H29NO2/c1-15(2)8-6-14(18)13(10-15)11-17-9-5-7-16(3,12-17)19-4/h13H,5-12H2,1-4H3. The van der Waals surface area contributed by atoms with Gasteiger partial charge in [0.2, 0.25) is 0 Å². The summed E-state index contributed by atoms with van der Waals surface area (Å²) in [5.41, 5.74) is 0.310. The van der Waals surface area contributed by atoms with Crippen LogP contribution in [0.2, 0.25) is 0 Å². The van der Waals surface area contributed by atoms with Gasteiger partial charge in [0.15, 0.2) is 0 Å². The number of hydrogen-bond donors (Lipinski definition) is 0. The van der Waals surface area contributed by atoms with Crippen LogP contribution in [0.25, 0.3) is 0 Å². The maximum atomic E-state index is 12.1. The molecule has 1 saturated heterocycles. The van der Waals surface area contributed by atoms with E-state index in [1.54, 1.807) is 7.11 Å². The van der Waals surface area contributed by atoms with E-state index in [1.807, 2.05) is 0 Å². The number of ketones is 1. The zero-order valence-corrected chi connectivity index (χ0v) is 13.0. The summed E-state index contributed by atoms with van der Waals surface area (Å²) in [6.07, 6.45) is 5.18. The number of likely N-dealkylation sites (tertiary alicyclic amines) is 1. The number of carbonyl (C=O) groups excluding carboxylic acids is 1. The molecule has 0 aromatic heterocycles. The molecule has 0 spiro atoms. The number of hydrogen-bond acceptors (Lipinski definition) is 3. The van der Waals surface area contributed by atoms with Crippen LogP contribution in [0.4, 0.5) is 0 Å². The maximum Gasteiger partial charge on any atom is 0.137 e. The molecule has 2 aliphatic rings. The fourth-order valence-electron chi connectivity index (χ4n) is 3.66. The molecule has 0 radical (unpaired) electrons. The Balaban J connectivity index is 1.94. The highest BCUT2D eigenvalue weighted by atomic mass is 16.5. The van der Waals surface area contributed by atoms with Crippen LogP contribution in [-0.2, 0) is 9.53 Å². The largest absolute Gasteiger partial charge is 0.377 e. The lowest BCUT2D eigenvalue weighted by molar-refractivity contribution is -0.129. The normalized spacial score (nSPS) is 36.4. The molecule has 3 nitrogen and oxygen atoms in total. The number of piperidine rings is 1. The SMILES string of the molecule is COC1(C)CCCN(CC2CC(C)(C)CCC2=O)C1. The van der Waals surface area contributed by atoms with Gasteiger partial charge in [-0.2, -0.15) is 0 Å². The molecule has 1 aliphatic heterocycles. The van der Waals surface area contributed by atoms with Crippen molar-refractivity contribution in [1.82, 2.24) is 4.90 Å². The first-order valence-corrected chi connectivity index (χ1v) is 7.64. The highest BCUT2D eigenvalue weighted by Gasteiger charge is 2.37. The third kappa shape index (κ3) is 3.79. The molecule has 3 heteroatoms. The highest BCUT2D eigenvalue weighted by molar-refractivity contribution is 5.82. The van der Waals surface area contributed by atoms with E-state index < -0.39 is 0 Å². The van der Waals surface area contributed by atoms with Gasteiger partial charge >= 0.3 is 0 Å². The fourth-order valence-corrected chi connectivity index (χ4v) is 3.66. The van der Waals surface area contributed by atoms with Crippen molar-refractivity contribution in [2.24, 2.45) is 11.3 Å². The van der Waals surface area contributed by atoms with Crippen LogP contribution in [0.1, 0.15) is 52.9 Å². The molecule has 0 aromatic carbocycles. The molecular weight excluding hydrogens is 238 g/mol. The summed E-state index contributed by atoms with van der Waals surface area (Å²) < 4.78 is 5.64. The summed E-state index contributed by atoms with van der Waals surface area (Å²) >= 11 is 0. The molecule has 110 valence electrons. The summed E-state index contributed by atoms with van der Waals surface area (Å²) in [7, 11) is 1.80. The molecule has 1 heterocycles. The number of Topliss-reactive ketones (excluding diaryl/α,β-unsaturated/α-hetero) is 1. The van der Waals surface area contributed by atoms with Crippen LogP contribution in [-0.4, -0.2) is 43.0 Å². The molecule has 2 unspecified atom stereocenters. The van der Waals surface area contributed by atoms with Crippen molar-refractivity contribution in [3.63, 3.8) is 0 Å². The number of ether oxygens (including phenoxy) is 1. The molecule has 0 N–H and O–H groups in total. The van der Waals surface area contributed by atoms with Crippen LogP contribution in [0.15, 0.2) is 0 Å². The molecule has 2 rings (SSSR count). The van der Waals surface area contributed by atoms with E-state index in [9.17, 15) is 4.79 Å². The number of carbonyl (C=O) groups is 1. The summed E-state index contributed by atoms with van der Waals surface area (Å²) in [5.74, 6) is 0.715. The third-order valence-electron chi connectivity index (χ3n) is 5.01. The van der Waals surface area contributed by atoms with Gasteiger partial charge in [-0.15, -0.1) is 0 Å². The van der Waals surface area contributed by atoms with Crippen LogP contribution in [0.3, 0.4) is 0 Å². The van der Waals surface area contributed by atoms with Crippen molar-refractivity contribution < 1.29 is 9.53 Å². The van der Waals surface area contributed by atoms with Crippen molar-refractivity contribution in [2.45, 2.75) is 58.5 Å². The Morgan fingerprint density at radius 1 is 1.32 bits per heavy atom. The van der Waals surface area contributed by atoms with Crippen LogP contribution < -0.4 is 0 Å². The Morgan fingerprint density at radius 2 is 2.05 bits per heavy atom. The first kappa shape index (κ1) is 15.0. The molecule has 1 saturated carbocycles. The minimum atomic E-state index is -0.0223. The molecule has 1 aliphatic carbocycles. The Hall–Kier alpha value is -0.410. The summed E-state index contributed by atoms with van der Waals surface area (Å²) in [4.78, 5) is 14.6. The minimum absolute atomic E-state index is 0.0223. The fraction of sp³-hybridized carbons (Fsp3) is 0.938. The summed E-state index contributed by atoms with van der Waals surface area (Å²) in [6, 6.07) is 0.